The van der Waals surface area contributed by atoms with Gasteiger partial charge in [0.25, 0.3) is 0 Å². The third-order valence-electron chi connectivity index (χ3n) is 2.77. The van der Waals surface area contributed by atoms with Gasteiger partial charge in [0.05, 0.1) is 19.0 Å². The van der Waals surface area contributed by atoms with Gasteiger partial charge in [-0.1, -0.05) is 0 Å². The fourth-order valence-corrected chi connectivity index (χ4v) is 1.75. The van der Waals surface area contributed by atoms with Crippen molar-refractivity contribution in [2.45, 2.75) is 20.4 Å². The lowest BCUT2D eigenvalue weighted by Gasteiger charge is -2.01. The van der Waals surface area contributed by atoms with E-state index in [4.69, 9.17) is 4.42 Å². The highest BCUT2D eigenvalue weighted by atomic mass is 16.3. The van der Waals surface area contributed by atoms with E-state index >= 15 is 0 Å². The fourth-order valence-electron chi connectivity index (χ4n) is 1.75. The van der Waals surface area contributed by atoms with Gasteiger partial charge in [0.1, 0.15) is 5.76 Å². The summed E-state index contributed by atoms with van der Waals surface area (Å²) in [6, 6.07) is 5.29. The Morgan fingerprint density at radius 1 is 1.38 bits per heavy atom. The molecule has 2 amide bonds. The van der Waals surface area contributed by atoms with Gasteiger partial charge >= 0.3 is 11.8 Å². The lowest BCUT2D eigenvalue weighted by atomic mass is 10.3. The Balaban J connectivity index is 1.81. The van der Waals surface area contributed by atoms with Crippen molar-refractivity contribution >= 4 is 18.0 Å². The molecule has 2 aromatic heterocycles. The van der Waals surface area contributed by atoms with Gasteiger partial charge in [-0.2, -0.15) is 5.10 Å². The second-order valence-electron chi connectivity index (χ2n) is 4.49. The van der Waals surface area contributed by atoms with Crippen LogP contribution in [-0.4, -0.2) is 23.0 Å². The zero-order valence-electron chi connectivity index (χ0n) is 11.8. The molecular formula is C14H16N4O3. The highest BCUT2D eigenvalue weighted by Gasteiger charge is 2.12. The van der Waals surface area contributed by atoms with E-state index in [0.29, 0.717) is 5.76 Å². The number of nitrogens with one attached hydrogen (secondary N) is 3. The van der Waals surface area contributed by atoms with E-state index in [-0.39, 0.29) is 6.54 Å². The second kappa shape index (κ2) is 6.56. The van der Waals surface area contributed by atoms with Crippen molar-refractivity contribution in [3.63, 3.8) is 0 Å². The van der Waals surface area contributed by atoms with E-state index in [9.17, 15) is 9.59 Å². The molecule has 21 heavy (non-hydrogen) atoms. The second-order valence-corrected chi connectivity index (χ2v) is 4.49. The highest BCUT2D eigenvalue weighted by molar-refractivity contribution is 6.35. The van der Waals surface area contributed by atoms with E-state index in [0.717, 1.165) is 17.0 Å². The highest BCUT2D eigenvalue weighted by Crippen LogP contribution is 2.05. The van der Waals surface area contributed by atoms with Crippen LogP contribution in [0.3, 0.4) is 0 Å². The van der Waals surface area contributed by atoms with Crippen LogP contribution in [0, 0.1) is 13.8 Å². The van der Waals surface area contributed by atoms with Crippen LogP contribution in [-0.2, 0) is 16.1 Å². The van der Waals surface area contributed by atoms with Crippen LogP contribution in [0.1, 0.15) is 22.7 Å². The third kappa shape index (κ3) is 4.07. The van der Waals surface area contributed by atoms with Crippen LogP contribution in [0.15, 0.2) is 34.0 Å². The molecule has 2 aromatic rings. The molecule has 0 unspecified atom stereocenters. The number of aromatic amines is 1. The van der Waals surface area contributed by atoms with Gasteiger partial charge in [0.2, 0.25) is 0 Å². The van der Waals surface area contributed by atoms with Crippen LogP contribution in [0.4, 0.5) is 0 Å². The maximum Gasteiger partial charge on any atom is 0.329 e. The van der Waals surface area contributed by atoms with Crippen LogP contribution in [0.2, 0.25) is 0 Å². The minimum atomic E-state index is -0.831. The first-order chi connectivity index (χ1) is 10.1. The van der Waals surface area contributed by atoms with Gasteiger partial charge in [-0.25, -0.2) is 5.43 Å². The first-order valence-electron chi connectivity index (χ1n) is 6.36. The maximum absolute atomic E-state index is 11.5. The molecule has 7 heteroatoms. The van der Waals surface area contributed by atoms with Gasteiger partial charge in [-0.15, -0.1) is 0 Å². The van der Waals surface area contributed by atoms with Crippen LogP contribution >= 0.6 is 0 Å². The number of furan rings is 1. The molecule has 0 aliphatic carbocycles. The number of carbonyl (C=O) groups is 2. The van der Waals surface area contributed by atoms with Crippen LogP contribution < -0.4 is 10.7 Å². The predicted molar refractivity (Wildman–Crippen MR) is 76.6 cm³/mol. The fraction of sp³-hybridized carbons (Fsp3) is 0.214. The van der Waals surface area contributed by atoms with E-state index < -0.39 is 11.8 Å². The molecule has 0 aliphatic rings. The Morgan fingerprint density at radius 2 is 2.19 bits per heavy atom. The average molecular weight is 288 g/mol. The van der Waals surface area contributed by atoms with Crippen molar-refractivity contribution in [2.24, 2.45) is 5.10 Å². The average Bonchev–Trinajstić information content (AvgIpc) is 3.06. The number of nitrogens with zero attached hydrogens (tertiary/aromatic N) is 1. The normalized spacial score (nSPS) is 10.8. The maximum atomic E-state index is 11.5. The summed E-state index contributed by atoms with van der Waals surface area (Å²) in [6.07, 6.45) is 2.98. The Labute approximate surface area is 121 Å². The minimum Gasteiger partial charge on any atom is -0.467 e. The molecule has 2 rings (SSSR count). The SMILES string of the molecule is Cc1cc(/C=N/NC(=O)C(=O)NCc2ccco2)c(C)[nH]1. The first kappa shape index (κ1) is 14.6. The Hall–Kier alpha value is -2.83. The van der Waals surface area contributed by atoms with Crippen molar-refractivity contribution < 1.29 is 14.0 Å². The van der Waals surface area contributed by atoms with Crippen molar-refractivity contribution in [3.8, 4) is 0 Å². The van der Waals surface area contributed by atoms with Gasteiger partial charge in [-0.05, 0) is 32.0 Å². The van der Waals surface area contributed by atoms with Crippen LogP contribution in [0.5, 0.6) is 0 Å². The smallest absolute Gasteiger partial charge is 0.329 e. The number of hydrazone groups is 1. The molecule has 0 aliphatic heterocycles. The monoisotopic (exact) mass is 288 g/mol. The molecule has 0 saturated carbocycles. The summed E-state index contributed by atoms with van der Waals surface area (Å²) >= 11 is 0. The minimum absolute atomic E-state index is 0.152. The number of hydrogen-bond donors (Lipinski definition) is 3. The molecule has 0 spiro atoms. The molecule has 0 atom stereocenters. The largest absolute Gasteiger partial charge is 0.467 e. The number of aryl methyl sites for hydroxylation is 2. The lowest BCUT2D eigenvalue weighted by Crippen LogP contribution is -2.37. The van der Waals surface area contributed by atoms with E-state index in [1.165, 1.54) is 12.5 Å². The summed E-state index contributed by atoms with van der Waals surface area (Å²) in [6.45, 7) is 3.97. The van der Waals surface area contributed by atoms with E-state index in [1.54, 1.807) is 12.1 Å². The molecule has 3 N–H and O–H groups in total. The van der Waals surface area contributed by atoms with Gasteiger partial charge < -0.3 is 14.7 Å². The molecule has 110 valence electrons. The van der Waals surface area contributed by atoms with E-state index in [2.05, 4.69) is 20.8 Å². The molecule has 0 fully saturated rings. The van der Waals surface area contributed by atoms with Gasteiger partial charge in [0.15, 0.2) is 0 Å². The molecule has 0 radical (unpaired) electrons. The van der Waals surface area contributed by atoms with Gasteiger partial charge in [-0.3, -0.25) is 9.59 Å². The lowest BCUT2D eigenvalue weighted by molar-refractivity contribution is -0.139. The summed E-state index contributed by atoms with van der Waals surface area (Å²) in [7, 11) is 0. The molecular weight excluding hydrogens is 272 g/mol. The number of aromatic nitrogens is 1. The number of amides is 2. The number of H-pyrrole nitrogens is 1. The number of rotatable bonds is 4. The molecule has 7 nitrogen and oxygen atoms in total. The topological polar surface area (TPSA) is 99.5 Å². The summed E-state index contributed by atoms with van der Waals surface area (Å²) in [5.74, 6) is -1.04. The zero-order valence-corrected chi connectivity index (χ0v) is 11.8. The summed E-state index contributed by atoms with van der Waals surface area (Å²) in [5.41, 5.74) is 4.96. The number of carbonyl (C=O) groups excluding carboxylic acids is 2. The Morgan fingerprint density at radius 3 is 2.81 bits per heavy atom. The zero-order chi connectivity index (χ0) is 15.2. The van der Waals surface area contributed by atoms with Crippen molar-refractivity contribution in [1.29, 1.82) is 0 Å². The van der Waals surface area contributed by atoms with Crippen molar-refractivity contribution in [2.75, 3.05) is 0 Å². The van der Waals surface area contributed by atoms with Crippen molar-refractivity contribution in [3.05, 3.63) is 47.2 Å². The third-order valence-corrected chi connectivity index (χ3v) is 2.77. The first-order valence-corrected chi connectivity index (χ1v) is 6.36. The Bertz CT molecular complexity index is 656. The molecule has 0 aromatic carbocycles. The molecule has 0 bridgehead atoms. The summed E-state index contributed by atoms with van der Waals surface area (Å²) in [4.78, 5) is 26.1. The van der Waals surface area contributed by atoms with Crippen LogP contribution in [0.25, 0.3) is 0 Å². The number of hydrogen-bond acceptors (Lipinski definition) is 4. The standard InChI is InChI=1S/C14H16N4O3/c1-9-6-11(10(2)17-9)7-16-18-14(20)13(19)15-8-12-4-3-5-21-12/h3-7,17H,8H2,1-2H3,(H,15,19)(H,18,20)/b16-7+. The van der Waals surface area contributed by atoms with E-state index in [1.807, 2.05) is 19.9 Å². The summed E-state index contributed by atoms with van der Waals surface area (Å²) in [5, 5.41) is 6.18. The predicted octanol–water partition coefficient (Wildman–Crippen LogP) is 0.991. The Kier molecular flexibility index (Phi) is 4.55. The molecule has 0 saturated heterocycles. The quantitative estimate of drug-likeness (QED) is 0.444. The van der Waals surface area contributed by atoms with Crippen molar-refractivity contribution in [1.82, 2.24) is 15.7 Å². The van der Waals surface area contributed by atoms with Gasteiger partial charge in [0, 0.05) is 17.0 Å². The summed E-state index contributed by atoms with van der Waals surface area (Å²) < 4.78 is 5.04. The molecule has 2 heterocycles.